The molecular formula is C20H16Cl2F3NO3. The second kappa shape index (κ2) is 7.88. The average molecular weight is 446 g/mol. The Morgan fingerprint density at radius 3 is 2.28 bits per heavy atom. The summed E-state index contributed by atoms with van der Waals surface area (Å²) in [5.41, 5.74) is -1.68. The summed E-state index contributed by atoms with van der Waals surface area (Å²) in [6.45, 7) is 1.40. The van der Waals surface area contributed by atoms with Gasteiger partial charge < -0.3 is 9.57 Å². The van der Waals surface area contributed by atoms with Gasteiger partial charge >= 0.3 is 12.1 Å². The molecule has 9 heteroatoms. The van der Waals surface area contributed by atoms with Crippen molar-refractivity contribution >= 4 is 34.9 Å². The van der Waals surface area contributed by atoms with E-state index < -0.39 is 23.7 Å². The summed E-state index contributed by atoms with van der Waals surface area (Å²) in [6, 6.07) is 10.0. The van der Waals surface area contributed by atoms with Crippen molar-refractivity contribution in [3.63, 3.8) is 0 Å². The van der Waals surface area contributed by atoms with Crippen molar-refractivity contribution in [1.82, 2.24) is 0 Å². The second-order valence-corrected chi connectivity index (χ2v) is 7.53. The maximum absolute atomic E-state index is 14.2. The Morgan fingerprint density at radius 1 is 1.17 bits per heavy atom. The molecule has 0 N–H and O–H groups in total. The van der Waals surface area contributed by atoms with E-state index >= 15 is 0 Å². The first-order valence-corrected chi connectivity index (χ1v) is 9.29. The number of nitrogens with zero attached hydrogens (tertiary/aromatic N) is 1. The van der Waals surface area contributed by atoms with Crippen LogP contribution in [0.25, 0.3) is 0 Å². The molecule has 0 aliphatic carbocycles. The average Bonchev–Trinajstić information content (AvgIpc) is 2.98. The van der Waals surface area contributed by atoms with Gasteiger partial charge in [-0.25, -0.2) is 4.79 Å². The fourth-order valence-electron chi connectivity index (χ4n) is 3.33. The van der Waals surface area contributed by atoms with E-state index in [1.54, 1.807) is 12.1 Å². The van der Waals surface area contributed by atoms with Gasteiger partial charge in [-0.15, -0.1) is 0 Å². The van der Waals surface area contributed by atoms with Gasteiger partial charge in [-0.1, -0.05) is 47.4 Å². The molecule has 0 amide bonds. The summed E-state index contributed by atoms with van der Waals surface area (Å²) in [5.74, 6) is -1.63. The highest BCUT2D eigenvalue weighted by Crippen LogP contribution is 2.52. The van der Waals surface area contributed by atoms with Crippen LogP contribution in [-0.4, -0.2) is 25.0 Å². The number of hydrogen-bond acceptors (Lipinski definition) is 4. The van der Waals surface area contributed by atoms with Crippen molar-refractivity contribution in [2.24, 2.45) is 11.1 Å². The lowest BCUT2D eigenvalue weighted by atomic mass is 9.78. The highest BCUT2D eigenvalue weighted by atomic mass is 35.5. The topological polar surface area (TPSA) is 47.9 Å². The molecule has 0 fully saturated rings. The first kappa shape index (κ1) is 21.5. The summed E-state index contributed by atoms with van der Waals surface area (Å²) in [6.07, 6.45) is -4.64. The maximum Gasteiger partial charge on any atom is 0.436 e. The molecule has 2 atom stereocenters. The number of methoxy groups -OCH3 is 1. The van der Waals surface area contributed by atoms with Gasteiger partial charge in [0.1, 0.15) is 0 Å². The third-order valence-electron chi connectivity index (χ3n) is 4.89. The summed E-state index contributed by atoms with van der Waals surface area (Å²) >= 11 is 11.8. The molecule has 2 aromatic carbocycles. The number of carbonyl (C=O) groups is 1. The molecule has 1 heterocycles. The van der Waals surface area contributed by atoms with Gasteiger partial charge in [-0.05, 0) is 35.9 Å². The lowest BCUT2D eigenvalue weighted by molar-refractivity contribution is -0.287. The number of oxime groups is 1. The van der Waals surface area contributed by atoms with Crippen molar-refractivity contribution in [3.05, 3.63) is 69.2 Å². The molecule has 0 spiro atoms. The van der Waals surface area contributed by atoms with Gasteiger partial charge in [0.25, 0.3) is 5.60 Å². The number of benzene rings is 2. The summed E-state index contributed by atoms with van der Waals surface area (Å²) < 4.78 is 47.1. The maximum atomic E-state index is 14.2. The summed E-state index contributed by atoms with van der Waals surface area (Å²) in [5, 5.41) is 3.90. The zero-order valence-corrected chi connectivity index (χ0v) is 16.9. The predicted molar refractivity (Wildman–Crippen MR) is 103 cm³/mol. The molecule has 29 heavy (non-hydrogen) atoms. The molecule has 3 rings (SSSR count). The largest absolute Gasteiger partial charge is 0.465 e. The quantitative estimate of drug-likeness (QED) is 0.558. The van der Waals surface area contributed by atoms with Crippen LogP contribution in [-0.2, 0) is 21.6 Å². The van der Waals surface area contributed by atoms with E-state index in [0.29, 0.717) is 11.1 Å². The number of halogens is 5. The van der Waals surface area contributed by atoms with Crippen molar-refractivity contribution in [2.45, 2.75) is 25.1 Å². The van der Waals surface area contributed by atoms with E-state index in [1.165, 1.54) is 44.4 Å². The van der Waals surface area contributed by atoms with Crippen LogP contribution >= 0.6 is 23.2 Å². The Balaban J connectivity index is 1.92. The van der Waals surface area contributed by atoms with Crippen LogP contribution in [0.15, 0.2) is 47.6 Å². The first-order chi connectivity index (χ1) is 13.6. The van der Waals surface area contributed by atoms with Crippen LogP contribution in [0.5, 0.6) is 0 Å². The fraction of sp³-hybridized carbons (Fsp3) is 0.300. The van der Waals surface area contributed by atoms with E-state index in [1.807, 2.05) is 0 Å². The smallest absolute Gasteiger partial charge is 0.436 e. The first-order valence-electron chi connectivity index (χ1n) is 8.54. The van der Waals surface area contributed by atoms with Gasteiger partial charge in [0.05, 0.1) is 24.3 Å². The molecule has 1 aliphatic rings. The second-order valence-electron chi connectivity index (χ2n) is 6.65. The molecule has 1 aliphatic heterocycles. The van der Waals surface area contributed by atoms with E-state index in [4.69, 9.17) is 28.0 Å². The van der Waals surface area contributed by atoms with E-state index in [2.05, 4.69) is 9.89 Å². The minimum atomic E-state index is -4.76. The molecule has 2 aromatic rings. The van der Waals surface area contributed by atoms with Crippen LogP contribution in [0.2, 0.25) is 10.0 Å². The highest BCUT2D eigenvalue weighted by Gasteiger charge is 2.66. The molecule has 154 valence electrons. The Morgan fingerprint density at radius 2 is 1.76 bits per heavy atom. The van der Waals surface area contributed by atoms with Crippen molar-refractivity contribution in [3.8, 4) is 0 Å². The fourth-order valence-corrected chi connectivity index (χ4v) is 3.85. The number of ether oxygens (including phenoxy) is 1. The van der Waals surface area contributed by atoms with Crippen LogP contribution in [0, 0.1) is 5.92 Å². The molecule has 0 saturated carbocycles. The normalized spacial score (nSPS) is 21.5. The van der Waals surface area contributed by atoms with Crippen LogP contribution < -0.4 is 0 Å². The van der Waals surface area contributed by atoms with Crippen LogP contribution in [0.1, 0.15) is 28.4 Å². The highest BCUT2D eigenvalue weighted by molar-refractivity contribution is 6.34. The Kier molecular flexibility index (Phi) is 5.83. The van der Waals surface area contributed by atoms with Crippen molar-refractivity contribution in [2.75, 3.05) is 7.11 Å². The van der Waals surface area contributed by atoms with Gasteiger partial charge in [0.15, 0.2) is 0 Å². The van der Waals surface area contributed by atoms with Crippen molar-refractivity contribution in [1.29, 1.82) is 0 Å². The van der Waals surface area contributed by atoms with E-state index in [9.17, 15) is 18.0 Å². The summed E-state index contributed by atoms with van der Waals surface area (Å²) in [4.78, 5) is 16.6. The lowest BCUT2D eigenvalue weighted by Crippen LogP contribution is -2.48. The predicted octanol–water partition coefficient (Wildman–Crippen LogP) is 5.80. The molecule has 0 aromatic heterocycles. The van der Waals surface area contributed by atoms with E-state index in [0.717, 1.165) is 0 Å². The molecule has 2 unspecified atom stereocenters. The number of carbonyl (C=O) groups excluding carboxylic acids is 1. The number of rotatable bonds is 4. The van der Waals surface area contributed by atoms with Gasteiger partial charge in [-0.2, -0.15) is 13.2 Å². The molecule has 0 bridgehead atoms. The zero-order chi connectivity index (χ0) is 21.4. The zero-order valence-electron chi connectivity index (χ0n) is 15.4. The van der Waals surface area contributed by atoms with Crippen LogP contribution in [0.3, 0.4) is 0 Å². The van der Waals surface area contributed by atoms with Gasteiger partial charge in [0.2, 0.25) is 0 Å². The Hall–Kier alpha value is -2.25. The van der Waals surface area contributed by atoms with Crippen LogP contribution in [0.4, 0.5) is 13.2 Å². The SMILES string of the molecule is COC(=O)c1ccc(CC2=NOC(c3cc(Cl)cc(Cl)c3)(C(F)(F)F)C2C)cc1. The third kappa shape index (κ3) is 3.94. The molecular weight excluding hydrogens is 430 g/mol. The van der Waals surface area contributed by atoms with Crippen molar-refractivity contribution < 1.29 is 27.5 Å². The molecule has 4 nitrogen and oxygen atoms in total. The lowest BCUT2D eigenvalue weighted by Gasteiger charge is -2.34. The molecule has 0 saturated heterocycles. The minimum absolute atomic E-state index is 0.0683. The number of hydrogen-bond donors (Lipinski definition) is 0. The molecule has 0 radical (unpaired) electrons. The number of esters is 1. The standard InChI is InChI=1S/C20H16Cl2F3NO3/c1-11-17(7-12-3-5-13(6-4-12)18(27)28-2)26-29-19(11,20(23,24)25)14-8-15(21)10-16(22)9-14/h3-6,8-11H,7H2,1-2H3. The summed E-state index contributed by atoms with van der Waals surface area (Å²) in [7, 11) is 1.27. The van der Waals surface area contributed by atoms with E-state index in [-0.39, 0.29) is 27.7 Å². The Labute approximate surface area is 175 Å². The van der Waals surface area contributed by atoms with Gasteiger partial charge in [0, 0.05) is 22.0 Å². The Bertz CT molecular complexity index is 940. The van der Waals surface area contributed by atoms with Gasteiger partial charge in [-0.3, -0.25) is 0 Å². The third-order valence-corrected chi connectivity index (χ3v) is 5.33. The minimum Gasteiger partial charge on any atom is -0.465 e. The monoisotopic (exact) mass is 445 g/mol. The number of alkyl halides is 3.